The maximum absolute atomic E-state index is 12.2. The van der Waals surface area contributed by atoms with E-state index in [1.165, 1.54) is 18.9 Å². The Morgan fingerprint density at radius 2 is 2.05 bits per heavy atom. The summed E-state index contributed by atoms with van der Waals surface area (Å²) in [6.45, 7) is 4.47. The van der Waals surface area contributed by atoms with E-state index in [4.69, 9.17) is 10.7 Å². The highest BCUT2D eigenvalue weighted by molar-refractivity contribution is 8.13. The van der Waals surface area contributed by atoms with E-state index in [1.54, 1.807) is 6.92 Å². The molecular weight excluding hydrogens is 330 g/mol. The van der Waals surface area contributed by atoms with Crippen molar-refractivity contribution < 1.29 is 13.2 Å². The molecule has 1 heterocycles. The number of aryl methyl sites for hydroxylation is 1. The molecule has 0 atom stereocenters. The largest absolute Gasteiger partial charge is 0.351 e. The van der Waals surface area contributed by atoms with Gasteiger partial charge in [0.15, 0.2) is 0 Å². The first-order valence-electron chi connectivity index (χ1n) is 7.11. The number of carbonyl (C=O) groups excluding carboxylic acids is 1. The van der Waals surface area contributed by atoms with Crippen LogP contribution >= 0.6 is 22.0 Å². The molecule has 1 saturated carbocycles. The zero-order valence-electron chi connectivity index (χ0n) is 12.2. The average Bonchev–Trinajstić information content (AvgIpc) is 3.02. The zero-order chi connectivity index (χ0) is 15.7. The van der Waals surface area contributed by atoms with E-state index in [-0.39, 0.29) is 16.2 Å². The highest BCUT2D eigenvalue weighted by atomic mass is 35.7. The van der Waals surface area contributed by atoms with Gasteiger partial charge < -0.3 is 5.32 Å². The first-order valence-corrected chi connectivity index (χ1v) is 10.2. The van der Waals surface area contributed by atoms with Crippen molar-refractivity contribution in [2.45, 2.75) is 50.8 Å². The molecule has 0 spiro atoms. The summed E-state index contributed by atoms with van der Waals surface area (Å²) in [5.41, 5.74) is 0.212. The van der Waals surface area contributed by atoms with Crippen LogP contribution in [0.15, 0.2) is 11.0 Å². The Balaban J connectivity index is 2.07. The molecule has 0 aliphatic heterocycles. The lowest BCUT2D eigenvalue weighted by Gasteiger charge is -2.27. The Morgan fingerprint density at radius 1 is 1.43 bits per heavy atom. The lowest BCUT2D eigenvalue weighted by Crippen LogP contribution is -2.35. The van der Waals surface area contributed by atoms with E-state index >= 15 is 0 Å². The Labute approximate surface area is 134 Å². The molecule has 1 aliphatic rings. The van der Waals surface area contributed by atoms with Crippen LogP contribution in [0.1, 0.15) is 53.6 Å². The molecule has 1 aromatic rings. The molecule has 7 heteroatoms. The molecule has 1 N–H and O–H groups in total. The van der Waals surface area contributed by atoms with Gasteiger partial charge in [0.05, 0.1) is 9.77 Å². The van der Waals surface area contributed by atoms with Crippen LogP contribution in [0.4, 0.5) is 0 Å². The second-order valence-electron chi connectivity index (χ2n) is 5.71. The van der Waals surface area contributed by atoms with E-state index in [2.05, 4.69) is 12.2 Å². The van der Waals surface area contributed by atoms with E-state index in [0.717, 1.165) is 30.6 Å². The monoisotopic (exact) mass is 349 g/mol. The molecule has 1 aliphatic carbocycles. The molecule has 1 fully saturated rings. The van der Waals surface area contributed by atoms with Gasteiger partial charge in [-0.05, 0) is 37.7 Å². The molecule has 21 heavy (non-hydrogen) atoms. The topological polar surface area (TPSA) is 63.2 Å². The van der Waals surface area contributed by atoms with Crippen molar-refractivity contribution in [3.63, 3.8) is 0 Å². The van der Waals surface area contributed by atoms with Crippen LogP contribution in [0.25, 0.3) is 0 Å². The molecular formula is C14H20ClNO3S2. The summed E-state index contributed by atoms with van der Waals surface area (Å²) in [4.78, 5) is 13.2. The van der Waals surface area contributed by atoms with Gasteiger partial charge >= 0.3 is 0 Å². The number of hydrogen-bond donors (Lipinski definition) is 1. The normalized spacial score (nSPS) is 17.9. The Hall–Kier alpha value is -0.590. The van der Waals surface area contributed by atoms with Gasteiger partial charge in [-0.25, -0.2) is 8.42 Å². The summed E-state index contributed by atoms with van der Waals surface area (Å²) in [5, 5.41) is 2.96. The third-order valence-corrected chi connectivity index (χ3v) is 7.02. The van der Waals surface area contributed by atoms with Crippen LogP contribution in [-0.2, 0) is 9.05 Å². The van der Waals surface area contributed by atoms with E-state index in [9.17, 15) is 13.2 Å². The molecule has 0 unspecified atom stereocenters. The number of hydrogen-bond acceptors (Lipinski definition) is 4. The SMILES string of the molecule is CCC1(CNC(=O)c2cc(S(=O)(=O)Cl)c(C)s2)CCCC1. The van der Waals surface area contributed by atoms with E-state index in [1.807, 2.05) is 0 Å². The van der Waals surface area contributed by atoms with Crippen molar-refractivity contribution in [1.82, 2.24) is 5.32 Å². The lowest BCUT2D eigenvalue weighted by atomic mass is 9.83. The second kappa shape index (κ2) is 6.26. The molecule has 4 nitrogen and oxygen atoms in total. The Bertz CT molecular complexity index is 631. The molecule has 118 valence electrons. The number of rotatable bonds is 5. The number of halogens is 1. The third kappa shape index (κ3) is 3.79. The summed E-state index contributed by atoms with van der Waals surface area (Å²) >= 11 is 1.16. The number of amides is 1. The quantitative estimate of drug-likeness (QED) is 0.824. The van der Waals surface area contributed by atoms with Crippen molar-refractivity contribution in [3.8, 4) is 0 Å². The van der Waals surface area contributed by atoms with Gasteiger partial charge in [0.1, 0.15) is 0 Å². The van der Waals surface area contributed by atoms with Crippen LogP contribution in [0.5, 0.6) is 0 Å². The molecule has 0 radical (unpaired) electrons. The van der Waals surface area contributed by atoms with Crippen molar-refractivity contribution in [3.05, 3.63) is 15.8 Å². The van der Waals surface area contributed by atoms with Crippen LogP contribution in [0.2, 0.25) is 0 Å². The molecule has 1 aromatic heterocycles. The molecule has 0 aromatic carbocycles. The lowest BCUT2D eigenvalue weighted by molar-refractivity contribution is 0.0932. The first kappa shape index (κ1) is 16.8. The minimum atomic E-state index is -3.79. The maximum atomic E-state index is 12.2. The van der Waals surface area contributed by atoms with Crippen molar-refractivity contribution >= 4 is 37.0 Å². The predicted molar refractivity (Wildman–Crippen MR) is 85.6 cm³/mol. The van der Waals surface area contributed by atoms with Gasteiger partial charge in [-0.15, -0.1) is 11.3 Å². The van der Waals surface area contributed by atoms with Gasteiger partial charge in [-0.1, -0.05) is 19.8 Å². The standard InChI is InChI=1S/C14H20ClNO3S2/c1-3-14(6-4-5-7-14)9-16-13(17)11-8-12(10(2)20-11)21(15,18)19/h8H,3-7,9H2,1-2H3,(H,16,17). The number of thiophene rings is 1. The maximum Gasteiger partial charge on any atom is 0.262 e. The van der Waals surface area contributed by atoms with Gasteiger partial charge in [0.2, 0.25) is 0 Å². The van der Waals surface area contributed by atoms with Gasteiger partial charge in [-0.2, -0.15) is 0 Å². The highest BCUT2D eigenvalue weighted by Gasteiger charge is 2.32. The fraction of sp³-hybridized carbons (Fsp3) is 0.643. The van der Waals surface area contributed by atoms with Crippen molar-refractivity contribution in [2.24, 2.45) is 5.41 Å². The third-order valence-electron chi connectivity index (χ3n) is 4.40. The highest BCUT2D eigenvalue weighted by Crippen LogP contribution is 2.40. The van der Waals surface area contributed by atoms with Crippen molar-refractivity contribution in [2.75, 3.05) is 6.54 Å². The summed E-state index contributed by atoms with van der Waals surface area (Å²) in [6, 6.07) is 1.37. The molecule has 2 rings (SSSR count). The molecule has 0 saturated heterocycles. The number of carbonyl (C=O) groups is 1. The Morgan fingerprint density at radius 3 is 2.52 bits per heavy atom. The molecule has 1 amide bonds. The van der Waals surface area contributed by atoms with Crippen LogP contribution in [0.3, 0.4) is 0 Å². The van der Waals surface area contributed by atoms with Gasteiger partial charge in [0.25, 0.3) is 15.0 Å². The van der Waals surface area contributed by atoms with Gasteiger partial charge in [0, 0.05) is 22.1 Å². The van der Waals surface area contributed by atoms with Crippen molar-refractivity contribution in [1.29, 1.82) is 0 Å². The Kier molecular flexibility index (Phi) is 5.00. The second-order valence-corrected chi connectivity index (χ2v) is 9.50. The first-order chi connectivity index (χ1) is 9.77. The van der Waals surface area contributed by atoms with E-state index < -0.39 is 9.05 Å². The fourth-order valence-electron chi connectivity index (χ4n) is 2.95. The molecule has 0 bridgehead atoms. The minimum absolute atomic E-state index is 0.0328. The number of nitrogens with one attached hydrogen (secondary N) is 1. The summed E-state index contributed by atoms with van der Waals surface area (Å²) < 4.78 is 22.8. The van der Waals surface area contributed by atoms with Crippen LogP contribution in [0, 0.1) is 12.3 Å². The smallest absolute Gasteiger partial charge is 0.262 e. The summed E-state index contributed by atoms with van der Waals surface area (Å²) in [5.74, 6) is -0.214. The van der Waals surface area contributed by atoms with Crippen LogP contribution < -0.4 is 5.32 Å². The van der Waals surface area contributed by atoms with Gasteiger partial charge in [-0.3, -0.25) is 4.79 Å². The fourth-order valence-corrected chi connectivity index (χ4v) is 5.53. The summed E-state index contributed by atoms with van der Waals surface area (Å²) in [6.07, 6.45) is 5.79. The van der Waals surface area contributed by atoms with Crippen LogP contribution in [-0.4, -0.2) is 20.9 Å². The van der Waals surface area contributed by atoms with E-state index in [0.29, 0.717) is 16.3 Å². The minimum Gasteiger partial charge on any atom is -0.351 e. The summed E-state index contributed by atoms with van der Waals surface area (Å²) in [7, 11) is 1.56. The average molecular weight is 350 g/mol. The zero-order valence-corrected chi connectivity index (χ0v) is 14.6. The predicted octanol–water partition coefficient (Wildman–Crippen LogP) is 3.68.